The number of fused-ring (bicyclic) bond motifs is 2. The van der Waals surface area contributed by atoms with Gasteiger partial charge in [-0.05, 0) is 0 Å². The molecule has 3 aliphatic rings. The third kappa shape index (κ3) is 0.929. The summed E-state index contributed by atoms with van der Waals surface area (Å²) in [6, 6.07) is 0. The van der Waals surface area contributed by atoms with Gasteiger partial charge in [-0.2, -0.15) is 0 Å². The number of carbonyl (C=O) groups is 1. The van der Waals surface area contributed by atoms with Gasteiger partial charge in [-0.3, -0.25) is 0 Å². The third-order valence-electron chi connectivity index (χ3n) is 3.66. The highest BCUT2D eigenvalue weighted by Gasteiger charge is 2.56. The lowest BCUT2D eigenvalue weighted by Crippen LogP contribution is -2.47. The molecule has 3 aliphatic heterocycles. The summed E-state index contributed by atoms with van der Waals surface area (Å²) in [7, 11) is 0. The van der Waals surface area contributed by atoms with Crippen molar-refractivity contribution in [3.63, 3.8) is 0 Å². The van der Waals surface area contributed by atoms with Gasteiger partial charge in [0.05, 0.1) is 12.2 Å². The predicted octanol–water partition coefficient (Wildman–Crippen LogP) is 0.350. The minimum Gasteiger partial charge on any atom is -0.461 e. The van der Waals surface area contributed by atoms with Gasteiger partial charge in [-0.15, -0.1) is 0 Å². The third-order valence-corrected chi connectivity index (χ3v) is 3.66. The van der Waals surface area contributed by atoms with Gasteiger partial charge in [0.1, 0.15) is 12.7 Å². The van der Waals surface area contributed by atoms with Crippen molar-refractivity contribution in [2.24, 2.45) is 11.8 Å². The Morgan fingerprint density at radius 2 is 1.93 bits per heavy atom. The second kappa shape index (κ2) is 2.70. The van der Waals surface area contributed by atoms with Crippen molar-refractivity contribution in [1.29, 1.82) is 0 Å². The molecule has 4 heteroatoms. The first-order chi connectivity index (χ1) is 6.68. The smallest absolute Gasteiger partial charge is 0.335 e. The molecule has 14 heavy (non-hydrogen) atoms. The van der Waals surface area contributed by atoms with E-state index in [4.69, 9.17) is 14.2 Å². The predicted molar refractivity (Wildman–Crippen MR) is 46.6 cm³/mol. The van der Waals surface area contributed by atoms with Crippen LogP contribution in [0.5, 0.6) is 0 Å². The molecule has 0 spiro atoms. The molecule has 0 aromatic carbocycles. The van der Waals surface area contributed by atoms with E-state index in [1.807, 2.05) is 6.92 Å². The fourth-order valence-corrected chi connectivity index (χ4v) is 2.86. The van der Waals surface area contributed by atoms with Crippen LogP contribution >= 0.6 is 0 Å². The fourth-order valence-electron chi connectivity index (χ4n) is 2.86. The molecule has 0 unspecified atom stereocenters. The summed E-state index contributed by atoms with van der Waals surface area (Å²) >= 11 is 0. The molecule has 0 aromatic heterocycles. The normalized spacial score (nSPS) is 55.7. The zero-order valence-corrected chi connectivity index (χ0v) is 8.30. The number of hydrogen-bond acceptors (Lipinski definition) is 4. The van der Waals surface area contributed by atoms with Crippen LogP contribution in [0, 0.1) is 11.8 Å². The van der Waals surface area contributed by atoms with Crippen molar-refractivity contribution in [2.75, 3.05) is 6.61 Å². The van der Waals surface area contributed by atoms with E-state index in [-0.39, 0.29) is 30.2 Å². The van der Waals surface area contributed by atoms with Crippen molar-refractivity contribution < 1.29 is 19.0 Å². The number of carbonyl (C=O) groups excluding carboxylic acids is 1. The van der Waals surface area contributed by atoms with E-state index < -0.39 is 6.10 Å². The second-order valence-corrected chi connectivity index (χ2v) is 4.51. The summed E-state index contributed by atoms with van der Waals surface area (Å²) in [4.78, 5) is 11.5. The lowest BCUT2D eigenvalue weighted by atomic mass is 9.84. The highest BCUT2D eigenvalue weighted by molar-refractivity contribution is 5.75. The molecule has 0 saturated carbocycles. The number of esters is 1. The molecular weight excluding hydrogens is 184 g/mol. The Hall–Kier alpha value is -0.610. The van der Waals surface area contributed by atoms with Crippen molar-refractivity contribution in [1.82, 2.24) is 0 Å². The molecule has 78 valence electrons. The Kier molecular flexibility index (Phi) is 1.67. The Morgan fingerprint density at radius 3 is 2.71 bits per heavy atom. The first kappa shape index (κ1) is 8.68. The van der Waals surface area contributed by atoms with Crippen LogP contribution in [0.1, 0.15) is 13.8 Å². The van der Waals surface area contributed by atoms with Crippen LogP contribution in [0.2, 0.25) is 0 Å². The first-order valence-electron chi connectivity index (χ1n) is 5.16. The zero-order chi connectivity index (χ0) is 9.87. The summed E-state index contributed by atoms with van der Waals surface area (Å²) in [6.07, 6.45) is -0.244. The van der Waals surface area contributed by atoms with Crippen LogP contribution in [0.25, 0.3) is 0 Å². The van der Waals surface area contributed by atoms with Crippen LogP contribution in [0.15, 0.2) is 0 Å². The molecule has 3 fully saturated rings. The molecule has 0 aromatic rings. The molecule has 3 heterocycles. The van der Waals surface area contributed by atoms with E-state index in [1.165, 1.54) is 0 Å². The molecule has 0 radical (unpaired) electrons. The first-order valence-corrected chi connectivity index (χ1v) is 5.16. The minimum atomic E-state index is -0.409. The second-order valence-electron chi connectivity index (χ2n) is 4.51. The number of rotatable bonds is 0. The van der Waals surface area contributed by atoms with Crippen LogP contribution < -0.4 is 0 Å². The van der Waals surface area contributed by atoms with Crippen LogP contribution in [-0.4, -0.2) is 37.0 Å². The lowest BCUT2D eigenvalue weighted by molar-refractivity contribution is -0.172. The molecule has 3 saturated heterocycles. The van der Waals surface area contributed by atoms with Gasteiger partial charge < -0.3 is 14.2 Å². The molecule has 4 nitrogen and oxygen atoms in total. The maximum atomic E-state index is 11.5. The van der Waals surface area contributed by atoms with Crippen molar-refractivity contribution in [3.05, 3.63) is 0 Å². The summed E-state index contributed by atoms with van der Waals surface area (Å²) in [6.45, 7) is 4.47. The Morgan fingerprint density at radius 1 is 1.14 bits per heavy atom. The quantitative estimate of drug-likeness (QED) is 0.527. The van der Waals surface area contributed by atoms with Gasteiger partial charge in [-0.25, -0.2) is 4.79 Å². The SMILES string of the molecule is C[C@@H]1[C@@H]2O[C@H]3COC(=O)[C@@H](O[C@@H]13)[C@H]2C. The van der Waals surface area contributed by atoms with Gasteiger partial charge in [0.25, 0.3) is 0 Å². The van der Waals surface area contributed by atoms with Crippen LogP contribution in [-0.2, 0) is 19.0 Å². The topological polar surface area (TPSA) is 44.8 Å². The molecular formula is C10H14O4. The number of ether oxygens (including phenoxy) is 3. The van der Waals surface area contributed by atoms with Crippen LogP contribution in [0.4, 0.5) is 0 Å². The maximum Gasteiger partial charge on any atom is 0.335 e. The van der Waals surface area contributed by atoms with Crippen molar-refractivity contribution >= 4 is 5.97 Å². The van der Waals surface area contributed by atoms with E-state index >= 15 is 0 Å². The molecule has 0 aliphatic carbocycles. The molecule has 3 rings (SSSR count). The Balaban J connectivity index is 1.99. The highest BCUT2D eigenvalue weighted by atomic mass is 16.6. The monoisotopic (exact) mass is 198 g/mol. The average Bonchev–Trinajstić information content (AvgIpc) is 2.33. The fraction of sp³-hybridized carbons (Fsp3) is 0.900. The van der Waals surface area contributed by atoms with Gasteiger partial charge in [0.2, 0.25) is 0 Å². The standard InChI is InChI=1S/C10H14O4/c1-4-7-5(2)9-10(11)12-3-6(13-7)8(4)14-9/h4-9H,3H2,1-2H3/t4-,5+,6+,7+,8+,9+/m1/s1. The van der Waals surface area contributed by atoms with Crippen LogP contribution in [0.3, 0.4) is 0 Å². The summed E-state index contributed by atoms with van der Waals surface area (Å²) in [5.41, 5.74) is 0. The Bertz CT molecular complexity index is 275. The summed E-state index contributed by atoms with van der Waals surface area (Å²) < 4.78 is 16.7. The zero-order valence-electron chi connectivity index (χ0n) is 8.30. The molecule has 3 bridgehead atoms. The van der Waals surface area contributed by atoms with Gasteiger partial charge in [0, 0.05) is 11.8 Å². The van der Waals surface area contributed by atoms with E-state index in [0.717, 1.165) is 0 Å². The van der Waals surface area contributed by atoms with Crippen molar-refractivity contribution in [3.8, 4) is 0 Å². The van der Waals surface area contributed by atoms with E-state index in [1.54, 1.807) is 0 Å². The van der Waals surface area contributed by atoms with Gasteiger partial charge in [0.15, 0.2) is 6.10 Å². The van der Waals surface area contributed by atoms with E-state index in [9.17, 15) is 4.79 Å². The molecule has 0 amide bonds. The minimum absolute atomic E-state index is 0.0473. The molecule has 0 N–H and O–H groups in total. The van der Waals surface area contributed by atoms with E-state index in [0.29, 0.717) is 12.5 Å². The van der Waals surface area contributed by atoms with Crippen molar-refractivity contribution in [2.45, 2.75) is 38.3 Å². The number of cyclic esters (lactones) is 1. The van der Waals surface area contributed by atoms with Gasteiger partial charge in [-0.1, -0.05) is 13.8 Å². The molecule has 6 atom stereocenters. The maximum absolute atomic E-state index is 11.5. The highest BCUT2D eigenvalue weighted by Crippen LogP contribution is 2.43. The number of hydrogen-bond donors (Lipinski definition) is 0. The summed E-state index contributed by atoms with van der Waals surface area (Å²) in [5.74, 6) is 0.269. The largest absolute Gasteiger partial charge is 0.461 e. The van der Waals surface area contributed by atoms with E-state index in [2.05, 4.69) is 6.92 Å². The lowest BCUT2D eigenvalue weighted by Gasteiger charge is -2.34. The average molecular weight is 198 g/mol. The van der Waals surface area contributed by atoms with Gasteiger partial charge >= 0.3 is 5.97 Å². The Labute approximate surface area is 82.5 Å². The summed E-state index contributed by atoms with van der Waals surface area (Å²) in [5, 5.41) is 0.